The summed E-state index contributed by atoms with van der Waals surface area (Å²) in [6, 6.07) is 3.88. The molecule has 1 fully saturated rings. The van der Waals surface area contributed by atoms with E-state index in [1.165, 1.54) is 6.42 Å². The van der Waals surface area contributed by atoms with Gasteiger partial charge in [-0.05, 0) is 38.3 Å². The lowest BCUT2D eigenvalue weighted by molar-refractivity contribution is 0.00716. The van der Waals surface area contributed by atoms with Crippen molar-refractivity contribution in [3.05, 3.63) is 24.2 Å². The van der Waals surface area contributed by atoms with Crippen LogP contribution in [0.3, 0.4) is 0 Å². The first-order valence-electron chi connectivity index (χ1n) is 9.94. The zero-order valence-electron chi connectivity index (χ0n) is 16.7. The number of rotatable bonds is 10. The summed E-state index contributed by atoms with van der Waals surface area (Å²) in [6.07, 6.45) is 7.39. The zero-order chi connectivity index (χ0) is 18.7. The molecule has 0 spiro atoms. The van der Waals surface area contributed by atoms with Crippen LogP contribution < -0.4 is 10.6 Å². The molecule has 0 aromatic carbocycles. The Hall–Kier alpha value is -0.800. The van der Waals surface area contributed by atoms with E-state index in [0.717, 1.165) is 70.1 Å². The molecule has 0 amide bonds. The van der Waals surface area contributed by atoms with Crippen molar-refractivity contribution in [2.45, 2.75) is 58.5 Å². The molecule has 2 unspecified atom stereocenters. The summed E-state index contributed by atoms with van der Waals surface area (Å²) in [5, 5.41) is 17.1. The van der Waals surface area contributed by atoms with Crippen molar-refractivity contribution < 1.29 is 14.3 Å². The second kappa shape index (κ2) is 13.4. The van der Waals surface area contributed by atoms with Crippen LogP contribution in [0, 0.1) is 5.41 Å². The molecule has 156 valence electrons. The van der Waals surface area contributed by atoms with Crippen molar-refractivity contribution in [3.63, 3.8) is 0 Å². The van der Waals surface area contributed by atoms with Crippen molar-refractivity contribution in [1.29, 1.82) is 0 Å². The smallest absolute Gasteiger partial charge is 0.191 e. The number of aliphatic imine (C=N–C) groups is 1. The number of halogens is 1. The Balaban J connectivity index is 0.00000364. The Morgan fingerprint density at radius 2 is 2.19 bits per heavy atom. The molecule has 0 saturated heterocycles. The van der Waals surface area contributed by atoms with Crippen LogP contribution in [0.4, 0.5) is 0 Å². The molecular formula is C20H36IN3O3. The predicted molar refractivity (Wildman–Crippen MR) is 120 cm³/mol. The molecule has 0 aliphatic heterocycles. The van der Waals surface area contributed by atoms with E-state index in [1.54, 1.807) is 6.26 Å². The van der Waals surface area contributed by atoms with Gasteiger partial charge in [0, 0.05) is 38.1 Å². The average molecular weight is 493 g/mol. The van der Waals surface area contributed by atoms with E-state index in [-0.39, 0.29) is 35.5 Å². The molecule has 3 N–H and O–H groups in total. The SMILES string of the molecule is CCOCCCNC(=NCC1(C)CCCCC1O)NCCc1ccco1.I. The first-order chi connectivity index (χ1) is 12.6. The van der Waals surface area contributed by atoms with E-state index >= 15 is 0 Å². The van der Waals surface area contributed by atoms with E-state index in [2.05, 4.69) is 17.6 Å². The Bertz CT molecular complexity index is 525. The fourth-order valence-corrected chi connectivity index (χ4v) is 3.28. The fraction of sp³-hybridized carbons (Fsp3) is 0.750. The number of nitrogens with zero attached hydrogens (tertiary/aromatic N) is 1. The number of ether oxygens (including phenoxy) is 1. The lowest BCUT2D eigenvalue weighted by Crippen LogP contribution is -2.42. The fourth-order valence-electron chi connectivity index (χ4n) is 3.28. The van der Waals surface area contributed by atoms with Gasteiger partial charge in [-0.2, -0.15) is 0 Å². The molecule has 1 aliphatic rings. The molecule has 7 heteroatoms. The largest absolute Gasteiger partial charge is 0.469 e. The van der Waals surface area contributed by atoms with Gasteiger partial charge in [-0.1, -0.05) is 19.8 Å². The van der Waals surface area contributed by atoms with Crippen LogP contribution in [0.2, 0.25) is 0 Å². The van der Waals surface area contributed by atoms with Crippen molar-refractivity contribution in [1.82, 2.24) is 10.6 Å². The quantitative estimate of drug-likeness (QED) is 0.202. The van der Waals surface area contributed by atoms with Crippen molar-refractivity contribution >= 4 is 29.9 Å². The van der Waals surface area contributed by atoms with Crippen molar-refractivity contribution in [3.8, 4) is 0 Å². The maximum absolute atomic E-state index is 10.4. The minimum atomic E-state index is -0.262. The summed E-state index contributed by atoms with van der Waals surface area (Å²) in [4.78, 5) is 4.77. The Labute approximate surface area is 180 Å². The molecule has 2 atom stereocenters. The Morgan fingerprint density at radius 3 is 2.89 bits per heavy atom. The van der Waals surface area contributed by atoms with Crippen LogP contribution in [0.15, 0.2) is 27.8 Å². The van der Waals surface area contributed by atoms with Gasteiger partial charge < -0.3 is 24.9 Å². The second-order valence-electron chi connectivity index (χ2n) is 7.31. The lowest BCUT2D eigenvalue weighted by Gasteiger charge is -2.37. The summed E-state index contributed by atoms with van der Waals surface area (Å²) < 4.78 is 10.8. The van der Waals surface area contributed by atoms with Crippen LogP contribution in [-0.2, 0) is 11.2 Å². The third-order valence-electron chi connectivity index (χ3n) is 5.08. The van der Waals surface area contributed by atoms with E-state index in [9.17, 15) is 5.11 Å². The topological polar surface area (TPSA) is 79.0 Å². The monoisotopic (exact) mass is 493 g/mol. The number of aliphatic hydroxyl groups excluding tert-OH is 1. The minimum Gasteiger partial charge on any atom is -0.469 e. The second-order valence-corrected chi connectivity index (χ2v) is 7.31. The van der Waals surface area contributed by atoms with Gasteiger partial charge in [0.15, 0.2) is 5.96 Å². The normalized spacial score (nSPS) is 22.9. The van der Waals surface area contributed by atoms with Crippen molar-refractivity contribution in [2.24, 2.45) is 10.4 Å². The molecule has 1 saturated carbocycles. The summed E-state index contributed by atoms with van der Waals surface area (Å²) >= 11 is 0. The maximum Gasteiger partial charge on any atom is 0.191 e. The van der Waals surface area contributed by atoms with Gasteiger partial charge in [-0.3, -0.25) is 4.99 Å². The molecule has 1 heterocycles. The number of hydrogen-bond acceptors (Lipinski definition) is 4. The van der Waals surface area contributed by atoms with Crippen LogP contribution in [0.5, 0.6) is 0 Å². The highest BCUT2D eigenvalue weighted by Crippen LogP contribution is 2.36. The lowest BCUT2D eigenvalue weighted by atomic mass is 9.73. The van der Waals surface area contributed by atoms with Crippen molar-refractivity contribution in [2.75, 3.05) is 32.8 Å². The van der Waals surface area contributed by atoms with Crippen LogP contribution in [-0.4, -0.2) is 50.0 Å². The molecule has 0 radical (unpaired) electrons. The van der Waals surface area contributed by atoms with E-state index in [4.69, 9.17) is 14.1 Å². The predicted octanol–water partition coefficient (Wildman–Crippen LogP) is 3.34. The number of nitrogens with one attached hydrogen (secondary N) is 2. The molecule has 6 nitrogen and oxygen atoms in total. The minimum absolute atomic E-state index is 0. The number of hydrogen-bond donors (Lipinski definition) is 3. The van der Waals surface area contributed by atoms with Gasteiger partial charge in [0.25, 0.3) is 0 Å². The summed E-state index contributed by atoms with van der Waals surface area (Å²) in [5.41, 5.74) is -0.126. The molecule has 27 heavy (non-hydrogen) atoms. The number of guanidine groups is 1. The molecule has 1 aromatic heterocycles. The van der Waals surface area contributed by atoms with Gasteiger partial charge in [0.1, 0.15) is 5.76 Å². The van der Waals surface area contributed by atoms with Gasteiger partial charge in [0.2, 0.25) is 0 Å². The molecular weight excluding hydrogens is 457 g/mol. The van der Waals surface area contributed by atoms with Gasteiger partial charge >= 0.3 is 0 Å². The van der Waals surface area contributed by atoms with E-state index < -0.39 is 0 Å². The summed E-state index contributed by atoms with van der Waals surface area (Å²) in [5.74, 6) is 1.76. The summed E-state index contributed by atoms with van der Waals surface area (Å²) in [6.45, 7) is 7.85. The van der Waals surface area contributed by atoms with Crippen LogP contribution in [0.25, 0.3) is 0 Å². The maximum atomic E-state index is 10.4. The van der Waals surface area contributed by atoms with E-state index in [1.807, 2.05) is 19.1 Å². The highest BCUT2D eigenvalue weighted by atomic mass is 127. The third-order valence-corrected chi connectivity index (χ3v) is 5.08. The van der Waals surface area contributed by atoms with Gasteiger partial charge in [-0.25, -0.2) is 0 Å². The van der Waals surface area contributed by atoms with Crippen LogP contribution >= 0.6 is 24.0 Å². The zero-order valence-corrected chi connectivity index (χ0v) is 19.0. The number of furan rings is 1. The van der Waals surface area contributed by atoms with Gasteiger partial charge in [-0.15, -0.1) is 24.0 Å². The first-order valence-corrected chi connectivity index (χ1v) is 9.94. The Kier molecular flexibility index (Phi) is 12.0. The highest BCUT2D eigenvalue weighted by Gasteiger charge is 2.35. The molecule has 2 rings (SSSR count). The average Bonchev–Trinajstić information content (AvgIpc) is 3.15. The Morgan fingerprint density at radius 1 is 1.37 bits per heavy atom. The molecule has 1 aliphatic carbocycles. The number of aliphatic hydroxyl groups is 1. The van der Waals surface area contributed by atoms with Gasteiger partial charge in [0.05, 0.1) is 18.9 Å². The molecule has 1 aromatic rings. The third kappa shape index (κ3) is 8.83. The standard InChI is InChI=1S/C20H35N3O3.HI/c1-3-25-14-7-12-21-19(22-13-10-17-8-6-15-26-17)23-16-20(2)11-5-4-9-18(20)24;/h6,8,15,18,24H,3-5,7,9-14,16H2,1-2H3,(H2,21,22,23);1H. The first kappa shape index (κ1) is 24.2. The highest BCUT2D eigenvalue weighted by molar-refractivity contribution is 14.0. The van der Waals surface area contributed by atoms with Crippen LogP contribution in [0.1, 0.15) is 51.7 Å². The van der Waals surface area contributed by atoms with E-state index in [0.29, 0.717) is 6.54 Å². The molecule has 0 bridgehead atoms. The summed E-state index contributed by atoms with van der Waals surface area (Å²) in [7, 11) is 0.